The fourth-order valence-corrected chi connectivity index (χ4v) is 1.42. The molecule has 0 radical (unpaired) electrons. The molecule has 0 heterocycles. The van der Waals surface area contributed by atoms with E-state index in [9.17, 15) is 15.0 Å². The first-order valence-electron chi connectivity index (χ1n) is 5.24. The Kier molecular flexibility index (Phi) is 4.79. The van der Waals surface area contributed by atoms with Crippen molar-refractivity contribution < 1.29 is 19.7 Å². The monoisotopic (exact) mass is 224 g/mol. The summed E-state index contributed by atoms with van der Waals surface area (Å²) < 4.78 is 4.72. The fraction of sp³-hybridized carbons (Fsp3) is 0.417. The normalized spacial score (nSPS) is 12.1. The second-order valence-corrected chi connectivity index (χ2v) is 3.50. The molecule has 1 aromatic rings. The van der Waals surface area contributed by atoms with Gasteiger partial charge in [0.25, 0.3) is 0 Å². The molecule has 0 spiro atoms. The van der Waals surface area contributed by atoms with Gasteiger partial charge in [-0.05, 0) is 18.6 Å². The number of phenolic OH excluding ortho intramolecular Hbond substituents is 1. The molecule has 0 aromatic heterocycles. The quantitative estimate of drug-likeness (QED) is 0.739. The van der Waals surface area contributed by atoms with Crippen molar-refractivity contribution in [2.75, 3.05) is 6.61 Å². The zero-order valence-corrected chi connectivity index (χ0v) is 9.22. The van der Waals surface area contributed by atoms with E-state index in [1.54, 1.807) is 31.2 Å². The Morgan fingerprint density at radius 1 is 1.44 bits per heavy atom. The van der Waals surface area contributed by atoms with Gasteiger partial charge in [-0.2, -0.15) is 0 Å². The molecular weight excluding hydrogens is 208 g/mol. The van der Waals surface area contributed by atoms with E-state index in [2.05, 4.69) is 0 Å². The van der Waals surface area contributed by atoms with Crippen LogP contribution in [0.4, 0.5) is 0 Å². The van der Waals surface area contributed by atoms with E-state index in [0.717, 1.165) is 0 Å². The average Bonchev–Trinajstić information content (AvgIpc) is 2.21. The Labute approximate surface area is 94.5 Å². The number of ether oxygens (including phenoxy) is 1. The number of carbonyl (C=O) groups excluding carboxylic acids is 1. The Bertz CT molecular complexity index is 349. The molecular formula is C12H16O4. The maximum Gasteiger partial charge on any atom is 0.308 e. The van der Waals surface area contributed by atoms with Crippen molar-refractivity contribution >= 4 is 5.97 Å². The molecule has 0 bridgehead atoms. The molecule has 4 nitrogen and oxygen atoms in total. The van der Waals surface area contributed by atoms with Crippen molar-refractivity contribution in [3.05, 3.63) is 29.8 Å². The molecule has 1 aromatic carbocycles. The molecule has 0 aliphatic carbocycles. The lowest BCUT2D eigenvalue weighted by molar-refractivity contribution is -0.145. The average molecular weight is 224 g/mol. The summed E-state index contributed by atoms with van der Waals surface area (Å²) in [4.78, 5) is 11.1. The summed E-state index contributed by atoms with van der Waals surface area (Å²) in [6, 6.07) is 6.73. The van der Waals surface area contributed by atoms with Gasteiger partial charge in [-0.1, -0.05) is 18.2 Å². The third kappa shape index (κ3) is 3.90. The molecule has 0 aliphatic heterocycles. The van der Waals surface area contributed by atoms with Gasteiger partial charge in [0.1, 0.15) is 5.75 Å². The van der Waals surface area contributed by atoms with Crippen LogP contribution in [0.3, 0.4) is 0 Å². The number of hydrogen-bond donors (Lipinski definition) is 2. The van der Waals surface area contributed by atoms with Crippen LogP contribution < -0.4 is 0 Å². The number of aliphatic hydroxyl groups is 1. The van der Waals surface area contributed by atoms with Gasteiger partial charge in [0.15, 0.2) is 0 Å². The highest BCUT2D eigenvalue weighted by Gasteiger charge is 2.13. The molecule has 16 heavy (non-hydrogen) atoms. The fourth-order valence-electron chi connectivity index (χ4n) is 1.42. The van der Waals surface area contributed by atoms with E-state index >= 15 is 0 Å². The summed E-state index contributed by atoms with van der Waals surface area (Å²) in [5, 5.41) is 19.1. The number of aromatic hydroxyl groups is 1. The van der Waals surface area contributed by atoms with Crippen LogP contribution >= 0.6 is 0 Å². The number of carbonyl (C=O) groups is 1. The van der Waals surface area contributed by atoms with Gasteiger partial charge in [0.2, 0.25) is 0 Å². The molecule has 1 rings (SSSR count). The van der Waals surface area contributed by atoms with Crippen LogP contribution in [0.15, 0.2) is 24.3 Å². The second kappa shape index (κ2) is 6.12. The highest BCUT2D eigenvalue weighted by molar-refractivity contribution is 5.69. The van der Waals surface area contributed by atoms with Gasteiger partial charge in [-0.25, -0.2) is 0 Å². The third-order valence-electron chi connectivity index (χ3n) is 2.15. The van der Waals surface area contributed by atoms with E-state index in [1.165, 1.54) is 0 Å². The van der Waals surface area contributed by atoms with Crippen LogP contribution in [0, 0.1) is 0 Å². The molecule has 1 unspecified atom stereocenters. The summed E-state index contributed by atoms with van der Waals surface area (Å²) in [6.07, 6.45) is -0.638. The molecule has 1 atom stereocenters. The second-order valence-electron chi connectivity index (χ2n) is 3.50. The molecule has 0 saturated heterocycles. The van der Waals surface area contributed by atoms with Gasteiger partial charge >= 0.3 is 5.97 Å². The lowest BCUT2D eigenvalue weighted by atomic mass is 10.0. The van der Waals surface area contributed by atoms with Crippen molar-refractivity contribution in [2.45, 2.75) is 25.9 Å². The lowest BCUT2D eigenvalue weighted by Gasteiger charge is -2.10. The summed E-state index contributed by atoms with van der Waals surface area (Å²) in [5.74, 6) is -0.296. The van der Waals surface area contributed by atoms with E-state index in [-0.39, 0.29) is 18.6 Å². The molecule has 0 fully saturated rings. The summed E-state index contributed by atoms with van der Waals surface area (Å²) in [5.41, 5.74) is 0.624. The Morgan fingerprint density at radius 2 is 2.12 bits per heavy atom. The number of hydrogen-bond acceptors (Lipinski definition) is 4. The first-order valence-corrected chi connectivity index (χ1v) is 5.24. The SMILES string of the molecule is CCOC(=O)CC(O)Cc1ccccc1O. The molecule has 2 N–H and O–H groups in total. The van der Waals surface area contributed by atoms with Crippen LogP contribution in [0.1, 0.15) is 18.9 Å². The van der Waals surface area contributed by atoms with Crippen LogP contribution in [0.2, 0.25) is 0 Å². The third-order valence-corrected chi connectivity index (χ3v) is 2.15. The predicted molar refractivity (Wildman–Crippen MR) is 59.1 cm³/mol. The largest absolute Gasteiger partial charge is 0.508 e. The van der Waals surface area contributed by atoms with E-state index in [1.807, 2.05) is 0 Å². The van der Waals surface area contributed by atoms with Gasteiger partial charge in [-0.3, -0.25) is 4.79 Å². The zero-order valence-electron chi connectivity index (χ0n) is 9.22. The van der Waals surface area contributed by atoms with Gasteiger partial charge < -0.3 is 14.9 Å². The standard InChI is InChI=1S/C12H16O4/c1-2-16-12(15)8-10(13)7-9-5-3-4-6-11(9)14/h3-6,10,13-14H,2,7-8H2,1H3. The van der Waals surface area contributed by atoms with Crippen LogP contribution in [0.5, 0.6) is 5.75 Å². The number of phenols is 1. The first-order chi connectivity index (χ1) is 7.63. The maximum absolute atomic E-state index is 11.1. The number of esters is 1. The number of para-hydroxylation sites is 1. The van der Waals surface area contributed by atoms with E-state index in [0.29, 0.717) is 12.2 Å². The van der Waals surface area contributed by atoms with Gasteiger partial charge in [-0.15, -0.1) is 0 Å². The number of benzene rings is 1. The van der Waals surface area contributed by atoms with Crippen molar-refractivity contribution in [3.63, 3.8) is 0 Å². The Hall–Kier alpha value is -1.55. The van der Waals surface area contributed by atoms with E-state index < -0.39 is 12.1 Å². The van der Waals surface area contributed by atoms with Crippen LogP contribution in [-0.2, 0) is 16.0 Å². The number of rotatable bonds is 5. The maximum atomic E-state index is 11.1. The minimum atomic E-state index is -0.827. The minimum absolute atomic E-state index is 0.0534. The molecule has 88 valence electrons. The van der Waals surface area contributed by atoms with Gasteiger partial charge in [0, 0.05) is 6.42 Å². The molecule has 0 amide bonds. The molecule has 0 aliphatic rings. The van der Waals surface area contributed by atoms with Crippen molar-refractivity contribution in [1.29, 1.82) is 0 Å². The van der Waals surface area contributed by atoms with Crippen LogP contribution in [0.25, 0.3) is 0 Å². The topological polar surface area (TPSA) is 66.8 Å². The Morgan fingerprint density at radius 3 is 2.75 bits per heavy atom. The summed E-state index contributed by atoms with van der Waals surface area (Å²) in [6.45, 7) is 2.02. The predicted octanol–water partition coefficient (Wildman–Crippen LogP) is 1.25. The van der Waals surface area contributed by atoms with Crippen molar-refractivity contribution in [3.8, 4) is 5.75 Å². The molecule has 0 saturated carbocycles. The lowest BCUT2D eigenvalue weighted by Crippen LogP contribution is -2.18. The first kappa shape index (κ1) is 12.5. The Balaban J connectivity index is 2.48. The molecule has 4 heteroatoms. The highest BCUT2D eigenvalue weighted by Crippen LogP contribution is 2.18. The van der Waals surface area contributed by atoms with E-state index in [4.69, 9.17) is 4.74 Å². The summed E-state index contributed by atoms with van der Waals surface area (Å²) in [7, 11) is 0. The van der Waals surface area contributed by atoms with Crippen molar-refractivity contribution in [1.82, 2.24) is 0 Å². The summed E-state index contributed by atoms with van der Waals surface area (Å²) >= 11 is 0. The van der Waals surface area contributed by atoms with Gasteiger partial charge in [0.05, 0.1) is 19.1 Å². The number of aliphatic hydroxyl groups excluding tert-OH is 1. The zero-order chi connectivity index (χ0) is 12.0. The minimum Gasteiger partial charge on any atom is -0.508 e. The highest BCUT2D eigenvalue weighted by atomic mass is 16.5. The smallest absolute Gasteiger partial charge is 0.308 e. The van der Waals surface area contributed by atoms with Crippen molar-refractivity contribution in [2.24, 2.45) is 0 Å². The van der Waals surface area contributed by atoms with Crippen LogP contribution in [-0.4, -0.2) is 28.9 Å².